The zero-order valence-electron chi connectivity index (χ0n) is 5.01. The van der Waals surface area contributed by atoms with Crippen LogP contribution in [0.5, 0.6) is 0 Å². The smallest absolute Gasteiger partial charge is 0.0429 e. The van der Waals surface area contributed by atoms with E-state index in [1.54, 1.807) is 25.4 Å². The Morgan fingerprint density at radius 3 is 2.67 bits per heavy atom. The van der Waals surface area contributed by atoms with Gasteiger partial charge in [0.2, 0.25) is 0 Å². The number of hydrogen-bond donors (Lipinski definition) is 0. The lowest BCUT2D eigenvalue weighted by atomic mass is 10.5. The molecule has 9 heavy (non-hydrogen) atoms. The Hall–Kier alpha value is -0.270. The second-order valence-corrected chi connectivity index (χ2v) is 1.94. The Bertz CT molecular complexity index is 147. The maximum absolute atomic E-state index is 5.56. The van der Waals surface area contributed by atoms with E-state index in [2.05, 4.69) is 4.99 Å². The highest BCUT2D eigenvalue weighted by Crippen LogP contribution is 2.01. The molecule has 0 aliphatic carbocycles. The first kappa shape index (κ1) is 8.73. The fraction of sp³-hybridized carbons (Fsp3) is 0.167. The van der Waals surface area contributed by atoms with Crippen LogP contribution in [-0.4, -0.2) is 13.3 Å². The van der Waals surface area contributed by atoms with Crippen LogP contribution in [0.1, 0.15) is 0 Å². The van der Waals surface area contributed by atoms with Crippen molar-refractivity contribution in [3.63, 3.8) is 0 Å². The summed E-state index contributed by atoms with van der Waals surface area (Å²) < 4.78 is 0. The topological polar surface area (TPSA) is 12.4 Å². The van der Waals surface area contributed by atoms with Gasteiger partial charge in [-0.1, -0.05) is 23.2 Å². The molecule has 1 nitrogen and oxygen atoms in total. The van der Waals surface area contributed by atoms with Gasteiger partial charge in [0.05, 0.1) is 0 Å². The number of aliphatic imine (C=N–C) groups is 1. The molecule has 0 spiro atoms. The number of hydrogen-bond acceptors (Lipinski definition) is 1. The van der Waals surface area contributed by atoms with Crippen molar-refractivity contribution in [1.82, 2.24) is 0 Å². The van der Waals surface area contributed by atoms with Crippen LogP contribution in [-0.2, 0) is 0 Å². The van der Waals surface area contributed by atoms with Gasteiger partial charge in [0.1, 0.15) is 0 Å². The van der Waals surface area contributed by atoms with Gasteiger partial charge in [-0.2, -0.15) is 0 Å². The van der Waals surface area contributed by atoms with E-state index in [4.69, 9.17) is 23.2 Å². The van der Waals surface area contributed by atoms with Crippen LogP contribution < -0.4 is 0 Å². The van der Waals surface area contributed by atoms with Crippen LogP contribution in [0.15, 0.2) is 27.7 Å². The van der Waals surface area contributed by atoms with Crippen LogP contribution >= 0.6 is 23.2 Å². The van der Waals surface area contributed by atoms with Gasteiger partial charge in [-0.05, 0) is 12.2 Å². The van der Waals surface area contributed by atoms with Gasteiger partial charge >= 0.3 is 0 Å². The van der Waals surface area contributed by atoms with Gasteiger partial charge in [0.25, 0.3) is 0 Å². The van der Waals surface area contributed by atoms with E-state index < -0.39 is 0 Å². The highest BCUT2D eigenvalue weighted by atomic mass is 35.5. The lowest BCUT2D eigenvalue weighted by Gasteiger charge is -1.79. The van der Waals surface area contributed by atoms with E-state index in [1.165, 1.54) is 5.54 Å². The largest absolute Gasteiger partial charge is 0.296 e. The minimum Gasteiger partial charge on any atom is -0.296 e. The van der Waals surface area contributed by atoms with E-state index in [0.29, 0.717) is 5.03 Å². The van der Waals surface area contributed by atoms with E-state index in [-0.39, 0.29) is 0 Å². The lowest BCUT2D eigenvalue weighted by molar-refractivity contribution is 1.47. The molecule has 0 bridgehead atoms. The average molecular weight is 164 g/mol. The summed E-state index contributed by atoms with van der Waals surface area (Å²) in [4.78, 5) is 3.70. The second-order valence-electron chi connectivity index (χ2n) is 1.25. The number of nitrogens with zero attached hydrogens (tertiary/aromatic N) is 1. The summed E-state index contributed by atoms with van der Waals surface area (Å²) in [5.74, 6) is 0. The third-order valence-corrected chi connectivity index (χ3v) is 0.983. The van der Waals surface area contributed by atoms with Gasteiger partial charge in [0.15, 0.2) is 0 Å². The van der Waals surface area contributed by atoms with Crippen LogP contribution in [0.4, 0.5) is 0 Å². The Balaban J connectivity index is 3.84. The van der Waals surface area contributed by atoms with Crippen molar-refractivity contribution in [1.29, 1.82) is 0 Å². The van der Waals surface area contributed by atoms with Crippen molar-refractivity contribution in [2.75, 3.05) is 7.05 Å². The SMILES string of the molecule is CN=C/C=C(Cl)\C=C\Cl. The zero-order valence-corrected chi connectivity index (χ0v) is 6.52. The van der Waals surface area contributed by atoms with Crippen molar-refractivity contribution in [3.8, 4) is 0 Å². The van der Waals surface area contributed by atoms with Gasteiger partial charge in [-0.3, -0.25) is 4.99 Å². The summed E-state index contributed by atoms with van der Waals surface area (Å²) in [7, 11) is 1.67. The molecular weight excluding hydrogens is 157 g/mol. The first-order valence-corrected chi connectivity index (χ1v) is 3.17. The molecule has 0 aromatic heterocycles. The molecule has 0 amide bonds. The summed E-state index contributed by atoms with van der Waals surface area (Å²) >= 11 is 10.8. The molecular formula is C6H7Cl2N. The normalized spacial score (nSPS) is 13.9. The fourth-order valence-corrected chi connectivity index (χ4v) is 0.581. The summed E-state index contributed by atoms with van der Waals surface area (Å²) in [5, 5.41) is 0.565. The number of allylic oxidation sites excluding steroid dienone is 3. The first-order chi connectivity index (χ1) is 4.31. The lowest BCUT2D eigenvalue weighted by Crippen LogP contribution is -1.65. The average Bonchev–Trinajstić information content (AvgIpc) is 1.85. The number of rotatable bonds is 2. The van der Waals surface area contributed by atoms with Crippen LogP contribution in [0.2, 0.25) is 0 Å². The monoisotopic (exact) mass is 163 g/mol. The Kier molecular flexibility index (Phi) is 5.68. The standard InChI is InChI=1S/C6H7Cl2N/c1-9-5-3-6(8)2-4-7/h2-5H,1H3/b4-2+,6-3+,9-5?. The third-order valence-electron chi connectivity index (χ3n) is 0.605. The molecule has 0 rings (SSSR count). The summed E-state index contributed by atoms with van der Waals surface area (Å²) in [6, 6.07) is 0. The second kappa shape index (κ2) is 5.86. The molecule has 0 saturated carbocycles. The van der Waals surface area contributed by atoms with Gasteiger partial charge < -0.3 is 0 Å². The van der Waals surface area contributed by atoms with Crippen molar-refractivity contribution in [2.45, 2.75) is 0 Å². The molecule has 0 radical (unpaired) electrons. The summed E-state index contributed by atoms with van der Waals surface area (Å²) in [6.45, 7) is 0. The van der Waals surface area contributed by atoms with Crippen molar-refractivity contribution in [3.05, 3.63) is 22.7 Å². The van der Waals surface area contributed by atoms with E-state index in [0.717, 1.165) is 0 Å². The highest BCUT2D eigenvalue weighted by molar-refractivity contribution is 6.33. The van der Waals surface area contributed by atoms with Crippen LogP contribution in [0, 0.1) is 0 Å². The Labute approximate surface area is 64.7 Å². The molecule has 0 unspecified atom stereocenters. The molecule has 0 fully saturated rings. The maximum Gasteiger partial charge on any atom is 0.0429 e. The van der Waals surface area contributed by atoms with E-state index in [1.807, 2.05) is 0 Å². The molecule has 0 heterocycles. The molecule has 0 aliphatic rings. The fourth-order valence-electron chi connectivity index (χ4n) is 0.261. The van der Waals surface area contributed by atoms with Crippen molar-refractivity contribution >= 4 is 29.4 Å². The van der Waals surface area contributed by atoms with Crippen LogP contribution in [0.3, 0.4) is 0 Å². The quantitative estimate of drug-likeness (QED) is 0.439. The predicted octanol–water partition coefficient (Wildman–Crippen LogP) is 2.56. The minimum absolute atomic E-state index is 0.565. The zero-order chi connectivity index (χ0) is 7.11. The molecule has 0 aromatic carbocycles. The van der Waals surface area contributed by atoms with Crippen molar-refractivity contribution in [2.24, 2.45) is 4.99 Å². The predicted molar refractivity (Wildman–Crippen MR) is 43.3 cm³/mol. The molecule has 0 atom stereocenters. The molecule has 3 heteroatoms. The van der Waals surface area contributed by atoms with E-state index in [9.17, 15) is 0 Å². The number of halogens is 2. The molecule has 0 saturated heterocycles. The van der Waals surface area contributed by atoms with Gasteiger partial charge in [-0.15, -0.1) is 0 Å². The molecule has 50 valence electrons. The highest BCUT2D eigenvalue weighted by Gasteiger charge is 1.77. The summed E-state index contributed by atoms with van der Waals surface area (Å²) in [5.41, 5.74) is 1.35. The van der Waals surface area contributed by atoms with Crippen LogP contribution in [0.25, 0.3) is 0 Å². The van der Waals surface area contributed by atoms with Gasteiger partial charge in [0, 0.05) is 23.8 Å². The van der Waals surface area contributed by atoms with Gasteiger partial charge in [-0.25, -0.2) is 0 Å². The molecule has 0 N–H and O–H groups in total. The molecule has 0 aromatic rings. The van der Waals surface area contributed by atoms with Crippen molar-refractivity contribution < 1.29 is 0 Å². The Morgan fingerprint density at radius 1 is 1.56 bits per heavy atom. The minimum atomic E-state index is 0.565. The first-order valence-electron chi connectivity index (χ1n) is 2.36. The maximum atomic E-state index is 5.56. The van der Waals surface area contributed by atoms with E-state index >= 15 is 0 Å². The molecule has 0 aliphatic heterocycles. The summed E-state index contributed by atoms with van der Waals surface area (Å²) in [6.07, 6.45) is 4.82. The third kappa shape index (κ3) is 5.60. The Morgan fingerprint density at radius 2 is 2.22 bits per heavy atom.